The molecule has 0 aliphatic carbocycles. The lowest BCUT2D eigenvalue weighted by Gasteiger charge is -2.33. The minimum absolute atomic E-state index is 0.00310. The molecule has 2 heterocycles. The normalized spacial score (nSPS) is 15.0. The average molecular weight is 321 g/mol. The van der Waals surface area contributed by atoms with Crippen LogP contribution < -0.4 is 9.80 Å². The van der Waals surface area contributed by atoms with Crippen LogP contribution in [0.25, 0.3) is 0 Å². The van der Waals surface area contributed by atoms with Gasteiger partial charge in [0, 0.05) is 19.2 Å². The lowest BCUT2D eigenvalue weighted by molar-refractivity contribution is -0.117. The maximum Gasteiger partial charge on any atom is 0.246 e. The van der Waals surface area contributed by atoms with Gasteiger partial charge in [0.05, 0.1) is 12.2 Å². The van der Waals surface area contributed by atoms with E-state index in [1.165, 1.54) is 11.0 Å². The highest BCUT2D eigenvalue weighted by Crippen LogP contribution is 2.25. The molecule has 2 aromatic rings. The van der Waals surface area contributed by atoms with Crippen LogP contribution in [0.1, 0.15) is 5.01 Å². The van der Waals surface area contributed by atoms with Gasteiger partial charge in [0.1, 0.15) is 17.7 Å². The van der Waals surface area contributed by atoms with Crippen LogP contribution in [-0.2, 0) is 4.79 Å². The van der Waals surface area contributed by atoms with E-state index in [4.69, 9.17) is 5.26 Å². The van der Waals surface area contributed by atoms with Gasteiger partial charge in [0.25, 0.3) is 0 Å². The molecule has 0 saturated carbocycles. The van der Waals surface area contributed by atoms with E-state index in [9.17, 15) is 13.6 Å². The lowest BCUT2D eigenvalue weighted by atomic mass is 10.2. The fourth-order valence-corrected chi connectivity index (χ4v) is 2.85. The van der Waals surface area contributed by atoms with Crippen LogP contribution in [-0.4, -0.2) is 35.7 Å². The number of anilines is 2. The summed E-state index contributed by atoms with van der Waals surface area (Å²) in [6.45, 7) is 0.655. The van der Waals surface area contributed by atoms with E-state index in [2.05, 4.69) is 10.2 Å². The number of carbonyl (C=O) groups is 1. The molecule has 0 unspecified atom stereocenters. The molecule has 112 valence electrons. The fourth-order valence-electron chi connectivity index (χ4n) is 2.18. The van der Waals surface area contributed by atoms with E-state index in [0.29, 0.717) is 11.7 Å². The molecule has 9 heteroatoms. The first-order chi connectivity index (χ1) is 10.6. The Morgan fingerprint density at radius 3 is 2.73 bits per heavy atom. The zero-order valence-corrected chi connectivity index (χ0v) is 12.0. The second-order valence-electron chi connectivity index (χ2n) is 4.56. The molecule has 0 spiro atoms. The van der Waals surface area contributed by atoms with Gasteiger partial charge in [0.2, 0.25) is 16.0 Å². The lowest BCUT2D eigenvalue weighted by Crippen LogP contribution is -2.51. The van der Waals surface area contributed by atoms with Crippen LogP contribution in [0.15, 0.2) is 18.2 Å². The van der Waals surface area contributed by atoms with Gasteiger partial charge in [-0.25, -0.2) is 8.78 Å². The van der Waals surface area contributed by atoms with E-state index < -0.39 is 11.6 Å². The molecule has 1 saturated heterocycles. The molecule has 1 aromatic heterocycles. The third-order valence-electron chi connectivity index (χ3n) is 3.20. The minimum Gasteiger partial charge on any atom is -0.336 e. The first-order valence-electron chi connectivity index (χ1n) is 6.32. The standard InChI is InChI=1S/C13H9F2N5OS/c14-8-1-2-10(9(15)5-8)20-4-3-19(7-12(20)21)13-18-17-11(6-16)22-13/h1-2,5H,3-4,7H2. The molecule has 1 aliphatic rings. The number of amides is 1. The van der Waals surface area contributed by atoms with Gasteiger partial charge in [-0.15, -0.1) is 10.2 Å². The summed E-state index contributed by atoms with van der Waals surface area (Å²) >= 11 is 1.09. The van der Waals surface area contributed by atoms with Crippen LogP contribution >= 0.6 is 11.3 Å². The van der Waals surface area contributed by atoms with Crippen molar-refractivity contribution in [1.29, 1.82) is 5.26 Å². The largest absolute Gasteiger partial charge is 0.336 e. The number of rotatable bonds is 2. The Labute approximate surface area is 128 Å². The molecule has 0 bridgehead atoms. The number of piperazine rings is 1. The summed E-state index contributed by atoms with van der Waals surface area (Å²) in [6.07, 6.45) is 0. The monoisotopic (exact) mass is 321 g/mol. The van der Waals surface area contributed by atoms with Gasteiger partial charge in [0.15, 0.2) is 0 Å². The molecule has 1 aliphatic heterocycles. The molecule has 1 aromatic carbocycles. The number of nitrogens with zero attached hydrogens (tertiary/aromatic N) is 5. The van der Waals surface area contributed by atoms with Gasteiger partial charge in [-0.2, -0.15) is 5.26 Å². The molecule has 0 N–H and O–H groups in total. The summed E-state index contributed by atoms with van der Waals surface area (Å²) in [5.74, 6) is -1.79. The van der Waals surface area contributed by atoms with Crippen molar-refractivity contribution in [2.45, 2.75) is 0 Å². The van der Waals surface area contributed by atoms with Crippen molar-refractivity contribution in [3.63, 3.8) is 0 Å². The van der Waals surface area contributed by atoms with Crippen molar-refractivity contribution < 1.29 is 13.6 Å². The zero-order chi connectivity index (χ0) is 15.7. The third-order valence-corrected chi connectivity index (χ3v) is 4.09. The quantitative estimate of drug-likeness (QED) is 0.839. The van der Waals surface area contributed by atoms with Crippen LogP contribution in [0.4, 0.5) is 19.6 Å². The van der Waals surface area contributed by atoms with Crippen LogP contribution in [0, 0.1) is 23.0 Å². The molecule has 3 rings (SSSR count). The zero-order valence-electron chi connectivity index (χ0n) is 11.2. The van der Waals surface area contributed by atoms with Crippen molar-refractivity contribution in [3.8, 4) is 6.07 Å². The van der Waals surface area contributed by atoms with E-state index in [0.717, 1.165) is 23.5 Å². The van der Waals surface area contributed by atoms with Gasteiger partial charge in [-0.05, 0) is 12.1 Å². The van der Waals surface area contributed by atoms with Crippen molar-refractivity contribution >= 4 is 28.1 Å². The summed E-state index contributed by atoms with van der Waals surface area (Å²) < 4.78 is 26.7. The first-order valence-corrected chi connectivity index (χ1v) is 7.14. The molecule has 1 fully saturated rings. The second kappa shape index (κ2) is 5.65. The summed E-state index contributed by atoms with van der Waals surface area (Å²) in [4.78, 5) is 15.2. The Kier molecular flexibility index (Phi) is 3.68. The molecule has 6 nitrogen and oxygen atoms in total. The first kappa shape index (κ1) is 14.3. The number of nitriles is 1. The van der Waals surface area contributed by atoms with E-state index in [1.807, 2.05) is 6.07 Å². The highest BCUT2D eigenvalue weighted by atomic mass is 32.1. The van der Waals surface area contributed by atoms with Crippen LogP contribution in [0.3, 0.4) is 0 Å². The number of halogens is 2. The molecule has 1 amide bonds. The number of aromatic nitrogens is 2. The summed E-state index contributed by atoms with van der Waals surface area (Å²) in [6, 6.07) is 4.99. The van der Waals surface area contributed by atoms with Gasteiger partial charge >= 0.3 is 0 Å². The van der Waals surface area contributed by atoms with Crippen LogP contribution in [0.2, 0.25) is 0 Å². The summed E-state index contributed by atoms with van der Waals surface area (Å²) in [5.41, 5.74) is 0.0565. The molecular weight excluding hydrogens is 312 g/mol. The number of hydrogen-bond donors (Lipinski definition) is 0. The summed E-state index contributed by atoms with van der Waals surface area (Å²) in [5, 5.41) is 17.0. The predicted octanol–water partition coefficient (Wildman–Crippen LogP) is 1.54. The molecular formula is C13H9F2N5OS. The Morgan fingerprint density at radius 1 is 1.27 bits per heavy atom. The summed E-state index contributed by atoms with van der Waals surface area (Å²) in [7, 11) is 0. The second-order valence-corrected chi connectivity index (χ2v) is 5.52. The van der Waals surface area contributed by atoms with Gasteiger partial charge in [-0.3, -0.25) is 4.79 Å². The molecule has 22 heavy (non-hydrogen) atoms. The van der Waals surface area contributed by atoms with Crippen molar-refractivity contribution in [2.75, 3.05) is 29.4 Å². The average Bonchev–Trinajstić information content (AvgIpc) is 2.97. The Bertz CT molecular complexity index is 772. The SMILES string of the molecule is N#Cc1nnc(N2CCN(c3ccc(F)cc3F)C(=O)C2)s1. The van der Waals surface area contributed by atoms with E-state index >= 15 is 0 Å². The number of carbonyl (C=O) groups excluding carboxylic acids is 1. The highest BCUT2D eigenvalue weighted by Gasteiger charge is 2.28. The maximum absolute atomic E-state index is 13.8. The van der Waals surface area contributed by atoms with E-state index in [-0.39, 0.29) is 29.7 Å². The smallest absolute Gasteiger partial charge is 0.246 e. The minimum atomic E-state index is -0.774. The topological polar surface area (TPSA) is 73.1 Å². The maximum atomic E-state index is 13.8. The number of hydrogen-bond acceptors (Lipinski definition) is 6. The molecule has 0 atom stereocenters. The van der Waals surface area contributed by atoms with Crippen molar-refractivity contribution in [1.82, 2.24) is 10.2 Å². The van der Waals surface area contributed by atoms with Gasteiger partial charge in [-0.1, -0.05) is 11.3 Å². The van der Waals surface area contributed by atoms with Crippen molar-refractivity contribution in [2.24, 2.45) is 0 Å². The fraction of sp³-hybridized carbons (Fsp3) is 0.231. The Morgan fingerprint density at radius 2 is 2.09 bits per heavy atom. The third kappa shape index (κ3) is 2.60. The van der Waals surface area contributed by atoms with Crippen LogP contribution in [0.5, 0.6) is 0 Å². The highest BCUT2D eigenvalue weighted by molar-refractivity contribution is 7.15. The number of benzene rings is 1. The molecule has 0 radical (unpaired) electrons. The van der Waals surface area contributed by atoms with Crippen molar-refractivity contribution in [3.05, 3.63) is 34.8 Å². The predicted molar refractivity (Wildman–Crippen MR) is 75.5 cm³/mol. The Balaban J connectivity index is 1.78. The van der Waals surface area contributed by atoms with Gasteiger partial charge < -0.3 is 9.80 Å². The van der Waals surface area contributed by atoms with E-state index in [1.54, 1.807) is 4.90 Å². The Hall–Kier alpha value is -2.60.